The maximum Gasteiger partial charge on any atom is 0.348 e. The lowest BCUT2D eigenvalue weighted by atomic mass is 9.38. The minimum atomic E-state index is -2.27. The van der Waals surface area contributed by atoms with Crippen LogP contribution in [0.3, 0.4) is 0 Å². The number of ether oxygens (including phenoxy) is 5. The van der Waals surface area contributed by atoms with Gasteiger partial charge < -0.3 is 33.9 Å². The SMILES string of the molecule is COC(=O)[C@@]12OCC34[C@H]1[C@@H](OC(=O)/C=C(\C)C(C)C)C(=O)O[C@@H]3C[C@H]1C(C)=C(OC(=O)/C=C(\C)C(C)C)C(=O)C[C@]1(C)[C@H]4[C@@H](O)[C@@H]2O. The van der Waals surface area contributed by atoms with Gasteiger partial charge in [-0.05, 0) is 55.9 Å². The Morgan fingerprint density at radius 2 is 1.57 bits per heavy atom. The molecule has 0 aromatic heterocycles. The zero-order chi connectivity index (χ0) is 35.0. The fourth-order valence-electron chi connectivity index (χ4n) is 8.98. The quantitative estimate of drug-likeness (QED) is 0.233. The molecule has 258 valence electrons. The highest BCUT2D eigenvalue weighted by Gasteiger charge is 2.85. The number of carbonyl (C=O) groups is 5. The molecule has 0 aromatic rings. The number of aliphatic hydroxyl groups is 2. The lowest BCUT2D eigenvalue weighted by molar-refractivity contribution is -0.290. The van der Waals surface area contributed by atoms with Crippen molar-refractivity contribution in [3.63, 3.8) is 0 Å². The van der Waals surface area contributed by atoms with E-state index >= 15 is 0 Å². The second-order valence-electron chi connectivity index (χ2n) is 14.8. The summed E-state index contributed by atoms with van der Waals surface area (Å²) in [4.78, 5) is 67.1. The van der Waals surface area contributed by atoms with Gasteiger partial charge in [-0.15, -0.1) is 0 Å². The van der Waals surface area contributed by atoms with Crippen molar-refractivity contribution >= 4 is 29.7 Å². The van der Waals surface area contributed by atoms with E-state index < -0.39 is 88.3 Å². The summed E-state index contributed by atoms with van der Waals surface area (Å²) in [5.41, 5.74) is -2.79. The molecule has 0 aromatic carbocycles. The number of fused-ring (bicyclic) bond motifs is 2. The summed E-state index contributed by atoms with van der Waals surface area (Å²) in [6.45, 7) is 14.4. The van der Waals surface area contributed by atoms with E-state index in [0.717, 1.165) is 12.7 Å². The van der Waals surface area contributed by atoms with Gasteiger partial charge in [0.15, 0.2) is 11.5 Å². The highest BCUT2D eigenvalue weighted by atomic mass is 16.6. The smallest absolute Gasteiger partial charge is 0.348 e. The molecule has 2 bridgehead atoms. The van der Waals surface area contributed by atoms with Crippen LogP contribution in [0.5, 0.6) is 0 Å². The van der Waals surface area contributed by atoms with E-state index in [0.29, 0.717) is 11.1 Å². The van der Waals surface area contributed by atoms with Crippen molar-refractivity contribution in [2.24, 2.45) is 40.4 Å². The molecule has 2 aliphatic heterocycles. The summed E-state index contributed by atoms with van der Waals surface area (Å²) in [5, 5.41) is 23.8. The van der Waals surface area contributed by atoms with Gasteiger partial charge in [0, 0.05) is 29.9 Å². The Balaban J connectivity index is 1.64. The first-order valence-electron chi connectivity index (χ1n) is 16.2. The molecule has 2 heterocycles. The van der Waals surface area contributed by atoms with Crippen molar-refractivity contribution in [3.8, 4) is 0 Å². The first-order valence-corrected chi connectivity index (χ1v) is 16.2. The lowest BCUT2D eigenvalue weighted by Gasteiger charge is -2.67. The zero-order valence-corrected chi connectivity index (χ0v) is 28.4. The number of aliphatic hydroxyl groups excluding tert-OH is 2. The highest BCUT2D eigenvalue weighted by Crippen LogP contribution is 2.72. The number of carbonyl (C=O) groups excluding carboxylic acids is 5. The Kier molecular flexibility index (Phi) is 8.90. The van der Waals surface area contributed by atoms with Gasteiger partial charge >= 0.3 is 23.9 Å². The van der Waals surface area contributed by atoms with Gasteiger partial charge in [-0.25, -0.2) is 19.2 Å². The fourth-order valence-corrected chi connectivity index (χ4v) is 8.98. The van der Waals surface area contributed by atoms with Gasteiger partial charge in [-0.3, -0.25) is 4.79 Å². The Bertz CT molecular complexity index is 1490. The minimum absolute atomic E-state index is 0.00978. The third kappa shape index (κ3) is 5.01. The summed E-state index contributed by atoms with van der Waals surface area (Å²) in [6.07, 6.45) is -3.67. The number of Topliss-reactive ketones (excluding diaryl/α,β-unsaturated/α-hetero) is 1. The monoisotopic (exact) mass is 658 g/mol. The Morgan fingerprint density at radius 3 is 2.15 bits per heavy atom. The number of methoxy groups -OCH3 is 1. The lowest BCUT2D eigenvalue weighted by Crippen LogP contribution is -2.79. The zero-order valence-electron chi connectivity index (χ0n) is 28.4. The predicted molar refractivity (Wildman–Crippen MR) is 164 cm³/mol. The van der Waals surface area contributed by atoms with Crippen LogP contribution in [0.15, 0.2) is 34.6 Å². The maximum absolute atomic E-state index is 13.8. The van der Waals surface area contributed by atoms with Crippen molar-refractivity contribution in [3.05, 3.63) is 34.6 Å². The molecular formula is C35H46O12. The van der Waals surface area contributed by atoms with Crippen LogP contribution >= 0.6 is 0 Å². The molecule has 0 radical (unpaired) electrons. The Hall–Kier alpha value is -3.35. The number of hydrogen-bond donors (Lipinski definition) is 2. The molecule has 1 unspecified atom stereocenters. The van der Waals surface area contributed by atoms with Gasteiger partial charge in [-0.2, -0.15) is 0 Å². The number of rotatable bonds is 7. The van der Waals surface area contributed by atoms with Crippen molar-refractivity contribution in [1.29, 1.82) is 0 Å². The molecule has 10 atom stereocenters. The minimum Gasteiger partial charge on any atom is -0.467 e. The third-order valence-electron chi connectivity index (χ3n) is 11.8. The summed E-state index contributed by atoms with van der Waals surface area (Å²) in [6, 6.07) is 0. The van der Waals surface area contributed by atoms with Crippen molar-refractivity contribution in [1.82, 2.24) is 0 Å². The van der Waals surface area contributed by atoms with Crippen molar-refractivity contribution in [2.45, 2.75) is 98.2 Å². The fraction of sp³-hybridized carbons (Fsp3) is 0.686. The second-order valence-corrected chi connectivity index (χ2v) is 14.8. The number of esters is 4. The third-order valence-corrected chi connectivity index (χ3v) is 11.8. The average molecular weight is 659 g/mol. The number of ketones is 1. The van der Waals surface area contributed by atoms with Crippen molar-refractivity contribution < 1.29 is 57.9 Å². The van der Waals surface area contributed by atoms with Crippen molar-refractivity contribution in [2.75, 3.05) is 13.7 Å². The molecule has 12 heteroatoms. The molecule has 2 saturated carbocycles. The number of hydrogen-bond acceptors (Lipinski definition) is 12. The van der Waals surface area contributed by atoms with Gasteiger partial charge in [0.1, 0.15) is 12.2 Å². The maximum atomic E-state index is 13.8. The molecule has 1 spiro atoms. The normalized spacial score (nSPS) is 39.7. The second kappa shape index (κ2) is 12.0. The summed E-state index contributed by atoms with van der Waals surface area (Å²) < 4.78 is 28.7. The molecule has 5 rings (SSSR count). The average Bonchev–Trinajstić information content (AvgIpc) is 3.29. The van der Waals surface area contributed by atoms with E-state index in [2.05, 4.69) is 0 Å². The first-order chi connectivity index (χ1) is 21.9. The molecule has 12 nitrogen and oxygen atoms in total. The summed E-state index contributed by atoms with van der Waals surface area (Å²) in [5.74, 6) is -6.80. The van der Waals surface area contributed by atoms with Crippen LogP contribution < -0.4 is 0 Å². The molecular weight excluding hydrogens is 612 g/mol. The molecule has 3 aliphatic carbocycles. The summed E-state index contributed by atoms with van der Waals surface area (Å²) >= 11 is 0. The summed E-state index contributed by atoms with van der Waals surface area (Å²) in [7, 11) is 1.10. The Morgan fingerprint density at radius 1 is 0.979 bits per heavy atom. The van der Waals surface area contributed by atoms with Crippen LogP contribution in [-0.2, 0) is 47.7 Å². The predicted octanol–water partition coefficient (Wildman–Crippen LogP) is 2.74. The number of allylic oxidation sites excluding steroid dienone is 4. The van der Waals surface area contributed by atoms with Crippen LogP contribution in [-0.4, -0.2) is 83.6 Å². The highest BCUT2D eigenvalue weighted by molar-refractivity contribution is 5.99. The van der Waals surface area contributed by atoms with E-state index in [1.54, 1.807) is 27.7 Å². The topological polar surface area (TPSA) is 172 Å². The van der Waals surface area contributed by atoms with Crippen LogP contribution in [0.25, 0.3) is 0 Å². The van der Waals surface area contributed by atoms with E-state index in [1.807, 2.05) is 27.7 Å². The molecule has 0 amide bonds. The van der Waals surface area contributed by atoms with Crippen LogP contribution in [0.4, 0.5) is 0 Å². The van der Waals surface area contributed by atoms with Gasteiger partial charge in [0.2, 0.25) is 11.7 Å². The van der Waals surface area contributed by atoms with Crippen LogP contribution in [0.1, 0.15) is 68.2 Å². The molecule has 47 heavy (non-hydrogen) atoms. The first kappa shape index (κ1) is 35.0. The van der Waals surface area contributed by atoms with E-state index in [4.69, 9.17) is 23.7 Å². The molecule has 5 aliphatic rings. The van der Waals surface area contributed by atoms with Crippen LogP contribution in [0.2, 0.25) is 0 Å². The van der Waals surface area contributed by atoms with Gasteiger partial charge in [-0.1, -0.05) is 45.8 Å². The Labute approximate surface area is 274 Å². The molecule has 2 N–H and O–H groups in total. The standard InChI is InChI=1S/C35H46O12/c1-15(2)17(5)10-23(37)46-26-19(7)20-12-22-34-14-44-35(32(42)43-9,30(40)25(39)28(34)33(20,8)13-21(26)36)29(34)27(31(41)45-22)47-24(38)11-18(6)16(3)4/h10-11,15-16,20,22,25,27-30,39-40H,12-14H2,1-9H3/b17-10+,18-11+/t20-,22+,25+,27+,28+,29+,30-,33-,34?,35+/m0/s1. The molecule has 2 saturated heterocycles. The van der Waals surface area contributed by atoms with E-state index in [-0.39, 0.29) is 37.0 Å². The van der Waals surface area contributed by atoms with E-state index in [9.17, 15) is 34.2 Å². The van der Waals surface area contributed by atoms with E-state index in [1.165, 1.54) is 12.2 Å². The van der Waals surface area contributed by atoms with Crippen LogP contribution in [0, 0.1) is 40.4 Å². The largest absolute Gasteiger partial charge is 0.467 e. The molecule has 4 fully saturated rings. The van der Waals surface area contributed by atoms with Gasteiger partial charge in [0.25, 0.3) is 0 Å². The van der Waals surface area contributed by atoms with Gasteiger partial charge in [0.05, 0.1) is 25.7 Å².